The molecule has 4 heteroatoms. The fourth-order valence-corrected chi connectivity index (χ4v) is 2.08. The van der Waals surface area contributed by atoms with E-state index >= 15 is 0 Å². The van der Waals surface area contributed by atoms with Crippen LogP contribution in [-0.4, -0.2) is 17.6 Å². The molecule has 0 aromatic heterocycles. The monoisotopic (exact) mass is 284 g/mol. The molecule has 0 fully saturated rings. The van der Waals surface area contributed by atoms with Gasteiger partial charge in [0.1, 0.15) is 0 Å². The predicted molar refractivity (Wildman–Crippen MR) is 85.7 cm³/mol. The third kappa shape index (κ3) is 3.83. The summed E-state index contributed by atoms with van der Waals surface area (Å²) in [5.41, 5.74) is 4.02. The van der Waals surface area contributed by atoms with Gasteiger partial charge in [-0.15, -0.1) is 0 Å². The molecule has 0 saturated carbocycles. The Kier molecular flexibility index (Phi) is 4.95. The largest absolute Gasteiger partial charge is 0.392 e. The molecular weight excluding hydrogens is 264 g/mol. The van der Waals surface area contributed by atoms with Crippen LogP contribution in [0.5, 0.6) is 0 Å². The lowest BCUT2D eigenvalue weighted by Gasteiger charge is -2.12. The van der Waals surface area contributed by atoms with Crippen LogP contribution in [0.1, 0.15) is 28.4 Å². The second-order valence-electron chi connectivity index (χ2n) is 4.89. The average molecular weight is 284 g/mol. The number of hydrogen-bond acceptors (Lipinski definition) is 3. The molecule has 2 aromatic carbocycles. The van der Waals surface area contributed by atoms with E-state index in [1.54, 1.807) is 24.3 Å². The van der Waals surface area contributed by atoms with Gasteiger partial charge in [0.2, 0.25) is 0 Å². The molecule has 0 aliphatic rings. The number of aliphatic hydroxyl groups excluding tert-OH is 1. The Morgan fingerprint density at radius 3 is 2.48 bits per heavy atom. The van der Waals surface area contributed by atoms with Crippen molar-refractivity contribution >= 4 is 17.3 Å². The molecule has 0 unspecified atom stereocenters. The number of hydrogen-bond donors (Lipinski definition) is 3. The van der Waals surface area contributed by atoms with E-state index < -0.39 is 0 Å². The summed E-state index contributed by atoms with van der Waals surface area (Å²) < 4.78 is 0. The quantitative estimate of drug-likeness (QED) is 0.790. The van der Waals surface area contributed by atoms with Crippen LogP contribution >= 0.6 is 0 Å². The van der Waals surface area contributed by atoms with Crippen LogP contribution in [-0.2, 0) is 6.61 Å². The second-order valence-corrected chi connectivity index (χ2v) is 4.89. The molecule has 0 spiro atoms. The van der Waals surface area contributed by atoms with Gasteiger partial charge in [-0.1, -0.05) is 23.8 Å². The molecular formula is C17H20N2O2. The summed E-state index contributed by atoms with van der Waals surface area (Å²) in [6.07, 6.45) is 0. The number of aliphatic hydroxyl groups is 1. The summed E-state index contributed by atoms with van der Waals surface area (Å²) in [6, 6.07) is 12.9. The molecule has 0 aliphatic carbocycles. The first-order chi connectivity index (χ1) is 10.1. The highest BCUT2D eigenvalue weighted by molar-refractivity contribution is 6.08. The normalized spacial score (nSPS) is 10.2. The molecule has 110 valence electrons. The van der Waals surface area contributed by atoms with E-state index in [1.165, 1.54) is 0 Å². The van der Waals surface area contributed by atoms with Crippen molar-refractivity contribution in [1.29, 1.82) is 0 Å². The molecule has 0 aliphatic heterocycles. The van der Waals surface area contributed by atoms with Gasteiger partial charge in [-0.05, 0) is 43.7 Å². The highest BCUT2D eigenvalue weighted by Gasteiger charge is 2.11. The fraction of sp³-hybridized carbons (Fsp3) is 0.235. The topological polar surface area (TPSA) is 61.4 Å². The molecule has 0 heterocycles. The number of aryl methyl sites for hydroxylation is 1. The minimum atomic E-state index is -0.147. The van der Waals surface area contributed by atoms with Crippen LogP contribution < -0.4 is 10.6 Å². The zero-order chi connectivity index (χ0) is 15.2. The van der Waals surface area contributed by atoms with E-state index in [-0.39, 0.29) is 12.5 Å². The Morgan fingerprint density at radius 2 is 1.86 bits per heavy atom. The van der Waals surface area contributed by atoms with Gasteiger partial charge in [0.05, 0.1) is 12.2 Å². The minimum Gasteiger partial charge on any atom is -0.392 e. The summed E-state index contributed by atoms with van der Waals surface area (Å²) in [7, 11) is 0. The maximum absolute atomic E-state index is 12.4. The smallest absolute Gasteiger partial charge is 0.257 e. The van der Waals surface area contributed by atoms with Crippen molar-refractivity contribution < 1.29 is 9.90 Å². The highest BCUT2D eigenvalue weighted by Crippen LogP contribution is 2.19. The van der Waals surface area contributed by atoms with Crippen molar-refractivity contribution in [2.24, 2.45) is 0 Å². The second kappa shape index (κ2) is 6.90. The van der Waals surface area contributed by atoms with E-state index in [1.807, 2.05) is 32.0 Å². The van der Waals surface area contributed by atoms with Crippen LogP contribution in [0.15, 0.2) is 42.5 Å². The highest BCUT2D eigenvalue weighted by atomic mass is 16.3. The lowest BCUT2D eigenvalue weighted by molar-refractivity contribution is 0.102. The molecule has 0 bridgehead atoms. The van der Waals surface area contributed by atoms with Crippen molar-refractivity contribution in [1.82, 2.24) is 0 Å². The van der Waals surface area contributed by atoms with Crippen molar-refractivity contribution in [2.75, 3.05) is 17.2 Å². The average Bonchev–Trinajstić information content (AvgIpc) is 2.50. The van der Waals surface area contributed by atoms with E-state index in [2.05, 4.69) is 10.6 Å². The first-order valence-electron chi connectivity index (χ1n) is 6.99. The van der Waals surface area contributed by atoms with Gasteiger partial charge in [0, 0.05) is 17.9 Å². The summed E-state index contributed by atoms with van der Waals surface area (Å²) in [4.78, 5) is 12.4. The van der Waals surface area contributed by atoms with Crippen LogP contribution in [0.3, 0.4) is 0 Å². The van der Waals surface area contributed by atoms with Crippen LogP contribution in [0.25, 0.3) is 0 Å². The van der Waals surface area contributed by atoms with Gasteiger partial charge in [-0.25, -0.2) is 0 Å². The third-order valence-electron chi connectivity index (χ3n) is 3.18. The maximum Gasteiger partial charge on any atom is 0.257 e. The molecule has 21 heavy (non-hydrogen) atoms. The van der Waals surface area contributed by atoms with Crippen molar-refractivity contribution in [3.63, 3.8) is 0 Å². The number of rotatable bonds is 5. The lowest BCUT2D eigenvalue weighted by atomic mass is 10.1. The number of amides is 1. The van der Waals surface area contributed by atoms with Gasteiger partial charge in [0.15, 0.2) is 0 Å². The zero-order valence-corrected chi connectivity index (χ0v) is 12.3. The van der Waals surface area contributed by atoms with Crippen LogP contribution in [0, 0.1) is 6.92 Å². The molecule has 1 amide bonds. The van der Waals surface area contributed by atoms with Gasteiger partial charge in [-0.3, -0.25) is 4.79 Å². The molecule has 2 aromatic rings. The Labute approximate surface area is 124 Å². The van der Waals surface area contributed by atoms with Gasteiger partial charge < -0.3 is 15.7 Å². The first kappa shape index (κ1) is 15.1. The Balaban J connectivity index is 2.20. The predicted octanol–water partition coefficient (Wildman–Crippen LogP) is 3.17. The van der Waals surface area contributed by atoms with Crippen molar-refractivity contribution in [3.8, 4) is 0 Å². The molecule has 0 atom stereocenters. The summed E-state index contributed by atoms with van der Waals surface area (Å²) >= 11 is 0. The van der Waals surface area contributed by atoms with Gasteiger partial charge >= 0.3 is 0 Å². The molecule has 0 radical (unpaired) electrons. The van der Waals surface area contributed by atoms with E-state index in [4.69, 9.17) is 5.11 Å². The lowest BCUT2D eigenvalue weighted by Crippen LogP contribution is -2.15. The SMILES string of the molecule is CCNc1ccc(C)cc1C(=O)Nc1ccc(CO)cc1. The third-order valence-corrected chi connectivity index (χ3v) is 3.18. The number of carbonyl (C=O) groups is 1. The summed E-state index contributed by atoms with van der Waals surface area (Å²) in [6.45, 7) is 4.71. The summed E-state index contributed by atoms with van der Waals surface area (Å²) in [5.74, 6) is -0.147. The van der Waals surface area contributed by atoms with E-state index in [9.17, 15) is 4.79 Å². The Morgan fingerprint density at radius 1 is 1.14 bits per heavy atom. The van der Waals surface area contributed by atoms with Gasteiger partial charge in [-0.2, -0.15) is 0 Å². The number of nitrogens with one attached hydrogen (secondary N) is 2. The minimum absolute atomic E-state index is 0.00330. The van der Waals surface area contributed by atoms with Crippen LogP contribution in [0.2, 0.25) is 0 Å². The number of anilines is 2. The Hall–Kier alpha value is -2.33. The maximum atomic E-state index is 12.4. The molecule has 3 N–H and O–H groups in total. The number of carbonyl (C=O) groups excluding carboxylic acids is 1. The number of benzene rings is 2. The first-order valence-corrected chi connectivity index (χ1v) is 6.99. The molecule has 0 saturated heterocycles. The fourth-order valence-electron chi connectivity index (χ4n) is 2.08. The van der Waals surface area contributed by atoms with Crippen molar-refractivity contribution in [2.45, 2.75) is 20.5 Å². The van der Waals surface area contributed by atoms with E-state index in [0.717, 1.165) is 23.4 Å². The van der Waals surface area contributed by atoms with E-state index in [0.29, 0.717) is 11.3 Å². The molecule has 2 rings (SSSR count). The molecule has 4 nitrogen and oxygen atoms in total. The standard InChI is InChI=1S/C17H20N2O2/c1-3-18-16-9-4-12(2)10-15(16)17(21)19-14-7-5-13(11-20)6-8-14/h4-10,18,20H,3,11H2,1-2H3,(H,19,21). The summed E-state index contributed by atoms with van der Waals surface area (Å²) in [5, 5.41) is 15.1. The van der Waals surface area contributed by atoms with Gasteiger partial charge in [0.25, 0.3) is 5.91 Å². The van der Waals surface area contributed by atoms with Crippen LogP contribution in [0.4, 0.5) is 11.4 Å². The zero-order valence-electron chi connectivity index (χ0n) is 12.3. The van der Waals surface area contributed by atoms with Crippen molar-refractivity contribution in [3.05, 3.63) is 59.2 Å². The Bertz CT molecular complexity index is 621.